The minimum Gasteiger partial charge on any atom is -0.465 e. The molecule has 0 radical (unpaired) electrons. The number of carbonyl (C=O) groups is 3. The highest BCUT2D eigenvalue weighted by atomic mass is 35.5. The van der Waals surface area contributed by atoms with Crippen LogP contribution in [0.4, 0.5) is 11.4 Å². The van der Waals surface area contributed by atoms with E-state index in [0.29, 0.717) is 16.3 Å². The number of amides is 2. The number of fused-ring (bicyclic) bond motifs is 1. The van der Waals surface area contributed by atoms with Crippen LogP contribution >= 0.6 is 11.6 Å². The molecule has 178 valence electrons. The van der Waals surface area contributed by atoms with Crippen molar-refractivity contribution in [2.75, 3.05) is 12.4 Å². The summed E-state index contributed by atoms with van der Waals surface area (Å²) in [6.07, 6.45) is 1.70. The van der Waals surface area contributed by atoms with Gasteiger partial charge in [-0.25, -0.2) is 4.79 Å². The van der Waals surface area contributed by atoms with Gasteiger partial charge in [-0.3, -0.25) is 24.7 Å². The lowest BCUT2D eigenvalue weighted by Crippen LogP contribution is -2.46. The van der Waals surface area contributed by atoms with Crippen LogP contribution in [0.15, 0.2) is 60.8 Å². The topological polar surface area (TPSA) is 132 Å². The number of aromatic nitrogens is 1. The van der Waals surface area contributed by atoms with E-state index in [2.05, 4.69) is 15.0 Å². The summed E-state index contributed by atoms with van der Waals surface area (Å²) in [7, 11) is 1.13. The van der Waals surface area contributed by atoms with Crippen molar-refractivity contribution in [1.82, 2.24) is 9.88 Å². The molecule has 0 spiro atoms. The van der Waals surface area contributed by atoms with E-state index in [1.807, 2.05) is 0 Å². The Morgan fingerprint density at radius 1 is 1.20 bits per heavy atom. The maximum atomic E-state index is 13.6. The van der Waals surface area contributed by atoms with Gasteiger partial charge >= 0.3 is 5.97 Å². The number of anilines is 1. The molecule has 1 unspecified atom stereocenters. The maximum Gasteiger partial charge on any atom is 0.344 e. The Kier molecular flexibility index (Phi) is 6.74. The Balaban J connectivity index is 1.77. The summed E-state index contributed by atoms with van der Waals surface area (Å²) in [5.74, 6) is -1.77. The number of nitrogens with one attached hydrogen (secondary N) is 1. The zero-order valence-electron chi connectivity index (χ0n) is 18.4. The number of ether oxygens (including phenoxy) is 1. The van der Waals surface area contributed by atoms with Gasteiger partial charge in [0.2, 0.25) is 5.91 Å². The van der Waals surface area contributed by atoms with Crippen molar-refractivity contribution in [3.63, 3.8) is 0 Å². The Morgan fingerprint density at radius 3 is 2.69 bits per heavy atom. The zero-order valence-corrected chi connectivity index (χ0v) is 19.2. The van der Waals surface area contributed by atoms with E-state index in [1.54, 1.807) is 24.4 Å². The number of rotatable bonds is 6. The Hall–Kier alpha value is -4.31. The zero-order chi connectivity index (χ0) is 25.1. The van der Waals surface area contributed by atoms with Gasteiger partial charge in [-0.2, -0.15) is 0 Å². The van der Waals surface area contributed by atoms with E-state index in [0.717, 1.165) is 7.11 Å². The standard InChI is InChI=1S/C24H19ClN4O6/c1-35-24(32)18-7-5-14(10-20(18)29(33)34)13-28-21(12-16-4-2-3-9-26-16)22(30)27-19-11-15(25)6-8-17(19)23(28)31/h2-11,21H,12-13H2,1H3,(H,27,30). The number of nitro benzene ring substituents is 1. The van der Waals surface area contributed by atoms with Crippen LogP contribution < -0.4 is 5.32 Å². The number of methoxy groups -OCH3 is 1. The first-order valence-electron chi connectivity index (χ1n) is 10.5. The molecule has 1 N–H and O–H groups in total. The summed E-state index contributed by atoms with van der Waals surface area (Å²) in [5, 5.41) is 14.7. The molecule has 4 rings (SSSR count). The fourth-order valence-corrected chi connectivity index (χ4v) is 4.04. The highest BCUT2D eigenvalue weighted by Gasteiger charge is 2.36. The number of nitrogens with zero attached hydrogens (tertiary/aromatic N) is 3. The van der Waals surface area contributed by atoms with Gasteiger partial charge in [-0.05, 0) is 42.0 Å². The van der Waals surface area contributed by atoms with Gasteiger partial charge in [0.05, 0.1) is 23.3 Å². The first kappa shape index (κ1) is 23.8. The molecular formula is C24H19ClN4O6. The quantitative estimate of drug-likeness (QED) is 0.314. The van der Waals surface area contributed by atoms with Crippen LogP contribution in [0.1, 0.15) is 32.0 Å². The molecule has 2 aromatic carbocycles. The number of carbonyl (C=O) groups excluding carboxylic acids is 3. The molecule has 1 aliphatic rings. The Labute approximate surface area is 204 Å². The maximum absolute atomic E-state index is 13.6. The molecule has 0 saturated heterocycles. The second kappa shape index (κ2) is 9.90. The lowest BCUT2D eigenvalue weighted by Gasteiger charge is -2.28. The van der Waals surface area contributed by atoms with E-state index < -0.39 is 34.4 Å². The lowest BCUT2D eigenvalue weighted by atomic mass is 10.0. The second-order valence-electron chi connectivity index (χ2n) is 7.75. The molecule has 1 atom stereocenters. The van der Waals surface area contributed by atoms with E-state index in [-0.39, 0.29) is 29.8 Å². The number of esters is 1. The third kappa shape index (κ3) is 4.97. The lowest BCUT2D eigenvalue weighted by molar-refractivity contribution is -0.385. The van der Waals surface area contributed by atoms with Crippen LogP contribution in [0.5, 0.6) is 0 Å². The highest BCUT2D eigenvalue weighted by molar-refractivity contribution is 6.31. The highest BCUT2D eigenvalue weighted by Crippen LogP contribution is 2.30. The smallest absolute Gasteiger partial charge is 0.344 e. The van der Waals surface area contributed by atoms with Gasteiger partial charge in [0.25, 0.3) is 11.6 Å². The predicted molar refractivity (Wildman–Crippen MR) is 126 cm³/mol. The summed E-state index contributed by atoms with van der Waals surface area (Å²) >= 11 is 6.07. The first-order chi connectivity index (χ1) is 16.8. The molecule has 2 amide bonds. The Morgan fingerprint density at radius 2 is 2.00 bits per heavy atom. The molecule has 1 aromatic heterocycles. The number of benzene rings is 2. The third-order valence-corrected chi connectivity index (χ3v) is 5.79. The molecule has 10 nitrogen and oxygen atoms in total. The van der Waals surface area contributed by atoms with Crippen molar-refractivity contribution in [3.8, 4) is 0 Å². The molecule has 11 heteroatoms. The van der Waals surface area contributed by atoms with Crippen molar-refractivity contribution in [2.45, 2.75) is 19.0 Å². The number of nitro groups is 1. The summed E-state index contributed by atoms with van der Waals surface area (Å²) in [6, 6.07) is 12.8. The van der Waals surface area contributed by atoms with Gasteiger partial charge in [0.15, 0.2) is 0 Å². The van der Waals surface area contributed by atoms with Gasteiger partial charge in [0, 0.05) is 35.9 Å². The van der Waals surface area contributed by atoms with Crippen molar-refractivity contribution < 1.29 is 24.0 Å². The normalized spacial score (nSPS) is 15.1. The van der Waals surface area contributed by atoms with Gasteiger partial charge in [0.1, 0.15) is 11.6 Å². The van der Waals surface area contributed by atoms with Crippen molar-refractivity contribution >= 4 is 40.8 Å². The Bertz CT molecular complexity index is 1330. The predicted octanol–water partition coefficient (Wildman–Crippen LogP) is 3.64. The molecule has 0 aliphatic carbocycles. The fourth-order valence-electron chi connectivity index (χ4n) is 3.87. The number of hydrogen-bond acceptors (Lipinski definition) is 7. The number of pyridine rings is 1. The molecule has 0 bridgehead atoms. The van der Waals surface area contributed by atoms with Crippen LogP contribution in [0.3, 0.4) is 0 Å². The summed E-state index contributed by atoms with van der Waals surface area (Å²) < 4.78 is 4.62. The van der Waals surface area contributed by atoms with Crippen LogP contribution in [0.25, 0.3) is 0 Å². The van der Waals surface area contributed by atoms with Crippen molar-refractivity contribution in [2.24, 2.45) is 0 Å². The average molecular weight is 495 g/mol. The van der Waals surface area contributed by atoms with Crippen LogP contribution in [-0.2, 0) is 22.5 Å². The number of halogens is 1. The third-order valence-electron chi connectivity index (χ3n) is 5.56. The van der Waals surface area contributed by atoms with Gasteiger partial charge in [-0.15, -0.1) is 0 Å². The summed E-state index contributed by atoms with van der Waals surface area (Å²) in [5.41, 5.74) is 0.760. The van der Waals surface area contributed by atoms with Crippen LogP contribution in [0.2, 0.25) is 5.02 Å². The second-order valence-corrected chi connectivity index (χ2v) is 8.19. The summed E-state index contributed by atoms with van der Waals surface area (Å²) in [6.45, 7) is -0.131. The molecule has 35 heavy (non-hydrogen) atoms. The molecule has 1 aliphatic heterocycles. The van der Waals surface area contributed by atoms with Gasteiger partial charge < -0.3 is 15.0 Å². The van der Waals surface area contributed by atoms with Crippen molar-refractivity contribution in [1.29, 1.82) is 0 Å². The minimum absolute atomic E-state index is 0.114. The van der Waals surface area contributed by atoms with E-state index in [1.165, 1.54) is 41.3 Å². The number of hydrogen-bond donors (Lipinski definition) is 1. The molecule has 0 saturated carbocycles. The minimum atomic E-state index is -0.970. The molecule has 3 aromatic rings. The van der Waals surface area contributed by atoms with Crippen LogP contribution in [-0.4, -0.2) is 45.7 Å². The SMILES string of the molecule is COC(=O)c1ccc(CN2C(=O)c3ccc(Cl)cc3NC(=O)C2Cc2ccccn2)cc1[N+](=O)[O-]. The van der Waals surface area contributed by atoms with E-state index in [4.69, 9.17) is 11.6 Å². The molecular weight excluding hydrogens is 476 g/mol. The fraction of sp³-hybridized carbons (Fsp3) is 0.167. The summed E-state index contributed by atoms with van der Waals surface area (Å²) in [4.78, 5) is 55.3. The van der Waals surface area contributed by atoms with Gasteiger partial charge in [-0.1, -0.05) is 23.7 Å². The van der Waals surface area contributed by atoms with E-state index in [9.17, 15) is 24.5 Å². The van der Waals surface area contributed by atoms with E-state index >= 15 is 0 Å². The monoisotopic (exact) mass is 494 g/mol. The first-order valence-corrected chi connectivity index (χ1v) is 10.8. The van der Waals surface area contributed by atoms with Crippen molar-refractivity contribution in [3.05, 3.63) is 98.3 Å². The van der Waals surface area contributed by atoms with Crippen LogP contribution in [0, 0.1) is 10.1 Å². The molecule has 0 fully saturated rings. The average Bonchev–Trinajstić information content (AvgIpc) is 2.94. The largest absolute Gasteiger partial charge is 0.465 e. The molecule has 2 heterocycles.